The molecule has 0 N–H and O–H groups in total. The van der Waals surface area contributed by atoms with Crippen molar-refractivity contribution >= 4 is 20.2 Å². The van der Waals surface area contributed by atoms with E-state index in [4.69, 9.17) is 8.37 Å². The number of benzene rings is 2. The van der Waals surface area contributed by atoms with Crippen molar-refractivity contribution < 1.29 is 25.2 Å². The molecule has 180 valence electrons. The third kappa shape index (κ3) is 2.80. The lowest BCUT2D eigenvalue weighted by atomic mass is 9.60. The highest BCUT2D eigenvalue weighted by molar-refractivity contribution is 7.87. The van der Waals surface area contributed by atoms with Gasteiger partial charge in [-0.1, -0.05) is 35.4 Å². The van der Waals surface area contributed by atoms with Gasteiger partial charge in [0, 0.05) is 0 Å². The molecule has 8 heteroatoms. The Morgan fingerprint density at radius 2 is 0.853 bits per heavy atom. The summed E-state index contributed by atoms with van der Waals surface area (Å²) in [6, 6.07) is 13.6. The number of hydrogen-bond donors (Lipinski definition) is 0. The number of aryl methyl sites for hydroxylation is 2. The molecule has 0 spiro atoms. The highest BCUT2D eigenvalue weighted by Gasteiger charge is 2.80. The van der Waals surface area contributed by atoms with Crippen molar-refractivity contribution in [2.45, 2.75) is 48.7 Å². The van der Waals surface area contributed by atoms with Crippen molar-refractivity contribution in [1.82, 2.24) is 0 Å². The molecule has 6 nitrogen and oxygen atoms in total. The van der Waals surface area contributed by atoms with E-state index in [-0.39, 0.29) is 45.7 Å². The lowest BCUT2D eigenvalue weighted by Crippen LogP contribution is -2.41. The summed E-state index contributed by atoms with van der Waals surface area (Å²) in [7, 11) is -7.68. The van der Waals surface area contributed by atoms with Gasteiger partial charge in [-0.3, -0.25) is 8.37 Å². The predicted octanol–water partition coefficient (Wildman–Crippen LogP) is 3.93. The molecule has 2 aromatic carbocycles. The predicted molar refractivity (Wildman–Crippen MR) is 124 cm³/mol. The Labute approximate surface area is 200 Å². The van der Waals surface area contributed by atoms with Gasteiger partial charge in [0.1, 0.15) is 0 Å². The summed E-state index contributed by atoms with van der Waals surface area (Å²) in [5.74, 6) is 2.43. The molecule has 2 aromatic rings. The average Bonchev–Trinajstić information content (AvgIpc) is 3.41. The van der Waals surface area contributed by atoms with Crippen molar-refractivity contribution in [1.29, 1.82) is 0 Å². The zero-order valence-electron chi connectivity index (χ0n) is 19.1. The monoisotopic (exact) mass is 500 g/mol. The van der Waals surface area contributed by atoms with Crippen molar-refractivity contribution in [3.05, 3.63) is 59.7 Å². The fourth-order valence-electron chi connectivity index (χ4n) is 8.57. The molecule has 6 unspecified atom stereocenters. The maximum atomic E-state index is 13.1. The molecule has 0 aliphatic heterocycles. The highest BCUT2D eigenvalue weighted by atomic mass is 32.2. The highest BCUT2D eigenvalue weighted by Crippen LogP contribution is 2.80. The van der Waals surface area contributed by atoms with Crippen LogP contribution in [0.1, 0.15) is 24.0 Å². The Bertz CT molecular complexity index is 1220. The lowest BCUT2D eigenvalue weighted by Gasteiger charge is -2.44. The van der Waals surface area contributed by atoms with Gasteiger partial charge in [-0.05, 0) is 98.3 Å². The first-order chi connectivity index (χ1) is 16.2. The summed E-state index contributed by atoms with van der Waals surface area (Å²) >= 11 is 0. The van der Waals surface area contributed by atoms with E-state index in [9.17, 15) is 16.8 Å². The van der Waals surface area contributed by atoms with Crippen LogP contribution in [0.5, 0.6) is 0 Å². The zero-order chi connectivity index (χ0) is 23.6. The first-order valence-corrected chi connectivity index (χ1v) is 15.0. The topological polar surface area (TPSA) is 86.7 Å². The van der Waals surface area contributed by atoms with E-state index in [2.05, 4.69) is 0 Å². The molecule has 0 aromatic heterocycles. The van der Waals surface area contributed by atoms with Crippen LogP contribution < -0.4 is 0 Å². The van der Waals surface area contributed by atoms with Crippen LogP contribution in [-0.2, 0) is 28.6 Å². The van der Waals surface area contributed by atoms with Gasteiger partial charge in [0.25, 0.3) is 20.2 Å². The lowest BCUT2D eigenvalue weighted by molar-refractivity contribution is 0.0202. The van der Waals surface area contributed by atoms with E-state index < -0.39 is 20.2 Å². The van der Waals surface area contributed by atoms with Crippen LogP contribution in [-0.4, -0.2) is 29.0 Å². The Morgan fingerprint density at radius 3 is 1.15 bits per heavy atom. The summed E-state index contributed by atoms with van der Waals surface area (Å²) in [4.78, 5) is 0.411. The minimum atomic E-state index is -3.84. The van der Waals surface area contributed by atoms with Crippen LogP contribution in [0.4, 0.5) is 0 Å². The van der Waals surface area contributed by atoms with E-state index in [1.165, 1.54) is 0 Å². The molecule has 0 bridgehead atoms. The SMILES string of the molecule is Cc1ccc(S(=O)(=O)OC2[C@@H]3C[C@H]4C5C3C3C5[C@H](C[C@@H]32)C4OS(=O)(=O)c2ccc(C)cc2)cc1. The number of rotatable bonds is 6. The van der Waals surface area contributed by atoms with E-state index in [0.717, 1.165) is 24.0 Å². The molecule has 0 heterocycles. The Balaban J connectivity index is 1.15. The fourth-order valence-corrected chi connectivity index (χ4v) is 10.9. The van der Waals surface area contributed by atoms with Gasteiger partial charge in [0.05, 0.1) is 22.0 Å². The van der Waals surface area contributed by atoms with Crippen molar-refractivity contribution in [3.63, 3.8) is 0 Å². The third-order valence-corrected chi connectivity index (χ3v) is 12.3. The standard InChI is InChI=1S/C26H28O6S2/c1-13-3-7-15(8-4-13)33(27,28)31-25-17-11-19-23-21(17)22-18(25)12-20(24(22)23)26(19)32-34(29,30)16-9-5-14(2)6-10-16/h3-10,17-26H,11-12H2,1-2H3/t17-,18-,19-,20+,21?,22?,23?,24?,25?,26?/m0/s1. The summed E-state index contributed by atoms with van der Waals surface area (Å²) in [5.41, 5.74) is 2.00. The molecule has 5 aliphatic rings. The fraction of sp³-hybridized carbons (Fsp3) is 0.538. The molecular weight excluding hydrogens is 472 g/mol. The van der Waals surface area contributed by atoms with Crippen molar-refractivity contribution in [2.75, 3.05) is 0 Å². The summed E-state index contributed by atoms with van der Waals surface area (Å²) in [6.07, 6.45) is 0.964. The van der Waals surface area contributed by atoms with Crippen LogP contribution in [0.15, 0.2) is 58.3 Å². The Kier molecular flexibility index (Phi) is 4.39. The molecule has 10 atom stereocenters. The summed E-state index contributed by atoms with van der Waals surface area (Å²) in [6.45, 7) is 3.85. The molecule has 0 radical (unpaired) electrons. The Morgan fingerprint density at radius 1 is 0.559 bits per heavy atom. The second-order valence-corrected chi connectivity index (χ2v) is 14.2. The van der Waals surface area contributed by atoms with E-state index in [0.29, 0.717) is 23.7 Å². The first-order valence-electron chi connectivity index (χ1n) is 12.2. The van der Waals surface area contributed by atoms with Gasteiger partial charge < -0.3 is 0 Å². The molecule has 5 aliphatic carbocycles. The first kappa shape index (κ1) is 21.5. The van der Waals surface area contributed by atoms with Gasteiger partial charge in [-0.2, -0.15) is 16.8 Å². The quantitative estimate of drug-likeness (QED) is 0.559. The van der Waals surface area contributed by atoms with Crippen LogP contribution in [0, 0.1) is 61.2 Å². The minimum Gasteiger partial charge on any atom is -0.262 e. The normalized spacial score (nSPS) is 41.1. The molecule has 0 saturated heterocycles. The summed E-state index contributed by atoms with van der Waals surface area (Å²) < 4.78 is 64.3. The molecule has 0 amide bonds. The van der Waals surface area contributed by atoms with Gasteiger partial charge in [-0.15, -0.1) is 0 Å². The second-order valence-electron chi connectivity index (χ2n) is 11.1. The largest absolute Gasteiger partial charge is 0.297 e. The van der Waals surface area contributed by atoms with Crippen molar-refractivity contribution in [2.24, 2.45) is 47.3 Å². The maximum absolute atomic E-state index is 13.1. The molecule has 7 rings (SSSR count). The summed E-state index contributed by atoms with van der Waals surface area (Å²) in [5, 5.41) is 0. The zero-order valence-corrected chi connectivity index (χ0v) is 20.7. The van der Waals surface area contributed by atoms with Gasteiger partial charge >= 0.3 is 0 Å². The second kappa shape index (κ2) is 6.93. The maximum Gasteiger partial charge on any atom is 0.297 e. The average molecular weight is 501 g/mol. The van der Waals surface area contributed by atoms with Crippen molar-refractivity contribution in [3.8, 4) is 0 Å². The Hall–Kier alpha value is -1.74. The molecule has 5 saturated carbocycles. The van der Waals surface area contributed by atoms with Crippen LogP contribution in [0.25, 0.3) is 0 Å². The number of hydrogen-bond acceptors (Lipinski definition) is 6. The third-order valence-electron chi connectivity index (χ3n) is 9.63. The van der Waals surface area contributed by atoms with Gasteiger partial charge in [0.15, 0.2) is 0 Å². The van der Waals surface area contributed by atoms with Gasteiger partial charge in [-0.25, -0.2) is 0 Å². The smallest absolute Gasteiger partial charge is 0.262 e. The van der Waals surface area contributed by atoms with E-state index in [1.54, 1.807) is 48.5 Å². The van der Waals surface area contributed by atoms with E-state index >= 15 is 0 Å². The van der Waals surface area contributed by atoms with Gasteiger partial charge in [0.2, 0.25) is 0 Å². The molecule has 5 fully saturated rings. The minimum absolute atomic E-state index is 0.163. The molecular formula is C26H28O6S2. The van der Waals surface area contributed by atoms with E-state index in [1.807, 2.05) is 13.8 Å². The van der Waals surface area contributed by atoms with Crippen LogP contribution in [0.3, 0.4) is 0 Å². The van der Waals surface area contributed by atoms with Crippen LogP contribution >= 0.6 is 0 Å². The van der Waals surface area contributed by atoms with Crippen LogP contribution in [0.2, 0.25) is 0 Å². The molecule has 34 heavy (non-hydrogen) atoms.